The van der Waals surface area contributed by atoms with E-state index >= 15 is 0 Å². The standard InChI is InChI=1S/C42H55BO3Si/c1-8-9-10-11-12-13-14-21-26-47(6,7)37-30-38(40(44)39(31-37)43-45-41(2,3)42(4,5)46-43)36-28-34(32-22-17-15-18-23-32)27-35(29-36)33-24-19-16-20-25-33/h15-20,22-25,27-31,44H,8-14,21,26H2,1-7H3. The van der Waals surface area contributed by atoms with Crippen molar-refractivity contribution in [2.24, 2.45) is 0 Å². The van der Waals surface area contributed by atoms with E-state index in [2.05, 4.69) is 139 Å². The van der Waals surface area contributed by atoms with Gasteiger partial charge in [-0.05, 0) is 73.7 Å². The van der Waals surface area contributed by atoms with Crippen molar-refractivity contribution >= 4 is 25.8 Å². The summed E-state index contributed by atoms with van der Waals surface area (Å²) in [5.74, 6) is 0.244. The molecule has 1 aliphatic heterocycles. The molecule has 3 nitrogen and oxygen atoms in total. The number of benzene rings is 4. The van der Waals surface area contributed by atoms with E-state index in [1.165, 1.54) is 62.6 Å². The maximum absolute atomic E-state index is 12.1. The Morgan fingerprint density at radius 1 is 0.596 bits per heavy atom. The number of unbranched alkanes of at least 4 members (excludes halogenated alkanes) is 7. The van der Waals surface area contributed by atoms with Crippen LogP contribution in [0.2, 0.25) is 19.1 Å². The molecular formula is C42H55BO3Si. The Balaban J connectivity index is 1.57. The van der Waals surface area contributed by atoms with Crippen LogP contribution in [0.1, 0.15) is 86.0 Å². The first-order valence-corrected chi connectivity index (χ1v) is 21.1. The minimum atomic E-state index is -1.88. The summed E-state index contributed by atoms with van der Waals surface area (Å²) in [6.07, 6.45) is 10.6. The molecule has 248 valence electrons. The number of aromatic hydroxyl groups is 1. The minimum Gasteiger partial charge on any atom is -0.508 e. The molecule has 1 aliphatic rings. The van der Waals surface area contributed by atoms with Crippen LogP contribution in [0.15, 0.2) is 91.0 Å². The molecule has 0 atom stereocenters. The zero-order valence-corrected chi connectivity index (χ0v) is 30.9. The van der Waals surface area contributed by atoms with E-state index in [0.717, 1.165) is 38.8 Å². The lowest BCUT2D eigenvalue weighted by Crippen LogP contribution is -2.45. The van der Waals surface area contributed by atoms with Gasteiger partial charge in [-0.1, -0.05) is 155 Å². The molecule has 1 fully saturated rings. The maximum atomic E-state index is 12.1. The van der Waals surface area contributed by atoms with Gasteiger partial charge in [0, 0.05) is 11.0 Å². The first-order chi connectivity index (χ1) is 22.4. The van der Waals surface area contributed by atoms with Gasteiger partial charge in [0.1, 0.15) is 5.75 Å². The molecule has 5 heteroatoms. The molecule has 0 bridgehead atoms. The van der Waals surface area contributed by atoms with Crippen LogP contribution < -0.4 is 10.6 Å². The molecule has 0 unspecified atom stereocenters. The molecule has 0 amide bonds. The second kappa shape index (κ2) is 15.0. The molecule has 4 aromatic rings. The highest BCUT2D eigenvalue weighted by atomic mass is 28.3. The second-order valence-corrected chi connectivity index (χ2v) is 20.0. The van der Waals surface area contributed by atoms with Crippen LogP contribution in [0.25, 0.3) is 33.4 Å². The quantitative estimate of drug-likeness (QED) is 0.109. The lowest BCUT2D eigenvalue weighted by Gasteiger charge is -2.32. The second-order valence-electron chi connectivity index (χ2n) is 15.2. The van der Waals surface area contributed by atoms with Crippen molar-refractivity contribution in [1.82, 2.24) is 0 Å². The molecule has 47 heavy (non-hydrogen) atoms. The number of phenols is 1. The Morgan fingerprint density at radius 3 is 1.57 bits per heavy atom. The van der Waals surface area contributed by atoms with Crippen molar-refractivity contribution in [1.29, 1.82) is 0 Å². The average Bonchev–Trinajstić information content (AvgIpc) is 3.28. The topological polar surface area (TPSA) is 38.7 Å². The summed E-state index contributed by atoms with van der Waals surface area (Å²) in [5.41, 5.74) is 6.13. The molecular weight excluding hydrogens is 591 g/mol. The fourth-order valence-corrected chi connectivity index (χ4v) is 9.14. The van der Waals surface area contributed by atoms with Gasteiger partial charge in [0.05, 0.1) is 19.3 Å². The van der Waals surface area contributed by atoms with E-state index in [0.29, 0.717) is 0 Å². The summed E-state index contributed by atoms with van der Waals surface area (Å²) in [5, 5.41) is 13.5. The van der Waals surface area contributed by atoms with E-state index in [4.69, 9.17) is 9.31 Å². The number of hydrogen-bond acceptors (Lipinski definition) is 3. The zero-order valence-electron chi connectivity index (χ0n) is 29.9. The molecule has 0 aliphatic carbocycles. The van der Waals surface area contributed by atoms with Crippen LogP contribution in [-0.4, -0.2) is 31.5 Å². The Bertz CT molecular complexity index is 1540. The van der Waals surface area contributed by atoms with Crippen LogP contribution >= 0.6 is 0 Å². The fraction of sp³-hybridized carbons (Fsp3) is 0.429. The predicted molar refractivity (Wildman–Crippen MR) is 205 cm³/mol. The van der Waals surface area contributed by atoms with Crippen LogP contribution in [0.3, 0.4) is 0 Å². The summed E-state index contributed by atoms with van der Waals surface area (Å²) < 4.78 is 13.1. The Hall–Kier alpha value is -3.12. The normalized spacial score (nSPS) is 15.7. The molecule has 0 spiro atoms. The molecule has 4 aromatic carbocycles. The van der Waals surface area contributed by atoms with Gasteiger partial charge >= 0.3 is 7.12 Å². The summed E-state index contributed by atoms with van der Waals surface area (Å²) in [4.78, 5) is 0. The maximum Gasteiger partial charge on any atom is 0.498 e. The zero-order chi connectivity index (χ0) is 33.7. The fourth-order valence-electron chi connectivity index (χ4n) is 6.64. The van der Waals surface area contributed by atoms with E-state index in [9.17, 15) is 5.11 Å². The van der Waals surface area contributed by atoms with Gasteiger partial charge in [0.15, 0.2) is 0 Å². The van der Waals surface area contributed by atoms with Crippen molar-refractivity contribution in [2.75, 3.05) is 0 Å². The van der Waals surface area contributed by atoms with Crippen molar-refractivity contribution in [3.05, 3.63) is 91.0 Å². The van der Waals surface area contributed by atoms with Crippen LogP contribution in [-0.2, 0) is 9.31 Å². The lowest BCUT2D eigenvalue weighted by atomic mass is 9.76. The van der Waals surface area contributed by atoms with E-state index in [1.807, 2.05) is 0 Å². The molecule has 1 N–H and O–H groups in total. The third-order valence-corrected chi connectivity index (χ3v) is 14.0. The van der Waals surface area contributed by atoms with Gasteiger partial charge in [-0.2, -0.15) is 0 Å². The van der Waals surface area contributed by atoms with Gasteiger partial charge in [0.25, 0.3) is 0 Å². The average molecular weight is 647 g/mol. The van der Waals surface area contributed by atoms with Gasteiger partial charge in [-0.15, -0.1) is 0 Å². The van der Waals surface area contributed by atoms with E-state index in [-0.39, 0.29) is 5.75 Å². The molecule has 1 saturated heterocycles. The number of hydrogen-bond donors (Lipinski definition) is 1. The van der Waals surface area contributed by atoms with E-state index < -0.39 is 26.4 Å². The molecule has 1 heterocycles. The largest absolute Gasteiger partial charge is 0.508 e. The van der Waals surface area contributed by atoms with Crippen LogP contribution in [0, 0.1) is 0 Å². The summed E-state index contributed by atoms with van der Waals surface area (Å²) >= 11 is 0. The Kier molecular flexibility index (Phi) is 11.2. The molecule has 0 radical (unpaired) electrons. The third kappa shape index (κ3) is 8.31. The SMILES string of the molecule is CCCCCCCCCC[Si](C)(C)c1cc(B2OC(C)(C)C(C)(C)O2)c(O)c(-c2cc(-c3ccccc3)cc(-c3ccccc3)c2)c1. The smallest absolute Gasteiger partial charge is 0.498 e. The van der Waals surface area contributed by atoms with Crippen molar-refractivity contribution in [3.63, 3.8) is 0 Å². The highest BCUT2D eigenvalue weighted by Crippen LogP contribution is 2.40. The molecule has 0 aromatic heterocycles. The van der Waals surface area contributed by atoms with Gasteiger partial charge in [0.2, 0.25) is 0 Å². The highest BCUT2D eigenvalue weighted by Gasteiger charge is 2.52. The molecule has 5 rings (SSSR count). The van der Waals surface area contributed by atoms with Gasteiger partial charge in [-0.3, -0.25) is 0 Å². The van der Waals surface area contributed by atoms with Crippen LogP contribution in [0.4, 0.5) is 0 Å². The first-order valence-electron chi connectivity index (χ1n) is 17.9. The Morgan fingerprint density at radius 2 is 1.06 bits per heavy atom. The predicted octanol–water partition coefficient (Wildman–Crippen LogP) is 10.7. The number of phenolic OH excluding ortho intramolecular Hbond substituents is 1. The third-order valence-electron chi connectivity index (χ3n) is 10.5. The summed E-state index contributed by atoms with van der Waals surface area (Å²) in [6.45, 7) is 15.5. The lowest BCUT2D eigenvalue weighted by molar-refractivity contribution is 0.00578. The summed E-state index contributed by atoms with van der Waals surface area (Å²) in [7, 11) is -2.52. The van der Waals surface area contributed by atoms with E-state index in [1.54, 1.807) is 0 Å². The molecule has 0 saturated carbocycles. The van der Waals surface area contributed by atoms with Crippen molar-refractivity contribution in [2.45, 2.75) is 116 Å². The van der Waals surface area contributed by atoms with Gasteiger partial charge < -0.3 is 14.4 Å². The monoisotopic (exact) mass is 646 g/mol. The summed E-state index contributed by atoms with van der Waals surface area (Å²) in [6, 6.07) is 33.4. The minimum absolute atomic E-state index is 0.244. The highest BCUT2D eigenvalue weighted by molar-refractivity contribution is 6.90. The van der Waals surface area contributed by atoms with Crippen LogP contribution in [0.5, 0.6) is 5.75 Å². The first kappa shape index (κ1) is 35.2. The van der Waals surface area contributed by atoms with Crippen molar-refractivity contribution in [3.8, 4) is 39.1 Å². The van der Waals surface area contributed by atoms with Gasteiger partial charge in [-0.25, -0.2) is 0 Å². The van der Waals surface area contributed by atoms with Crippen molar-refractivity contribution < 1.29 is 14.4 Å². The Labute approximate surface area is 285 Å². The number of rotatable bonds is 14.